The number of carbonyl (C=O) groups is 2. The molecule has 4 rings (SSSR count). The van der Waals surface area contributed by atoms with Crippen LogP contribution in [-0.4, -0.2) is 43.8 Å². The van der Waals surface area contributed by atoms with E-state index in [4.69, 9.17) is 0 Å². The fourth-order valence-corrected chi connectivity index (χ4v) is 5.16. The van der Waals surface area contributed by atoms with Crippen molar-refractivity contribution in [3.8, 4) is 0 Å². The number of rotatable bonds is 8. The lowest BCUT2D eigenvalue weighted by Crippen LogP contribution is -2.32. The molecule has 0 saturated carbocycles. The lowest BCUT2D eigenvalue weighted by Gasteiger charge is -2.25. The Morgan fingerprint density at radius 3 is 2.66 bits per heavy atom. The molecule has 1 unspecified atom stereocenters. The Bertz CT molecular complexity index is 1250. The number of aromatic nitrogens is 3. The topological polar surface area (TPSA) is 80.1 Å². The SMILES string of the molecule is C=CCn1c(SCC(=O)Nc2cccc(C)c2C)nnc1C1CCCN1C(=O)c1ccccc1C. The fraction of sp³-hybridized carbons (Fsp3) is 0.333. The first-order valence-electron chi connectivity index (χ1n) is 11.8. The highest BCUT2D eigenvalue weighted by Gasteiger charge is 2.35. The van der Waals surface area contributed by atoms with Gasteiger partial charge in [0.2, 0.25) is 5.91 Å². The molecule has 1 N–H and O–H groups in total. The number of nitrogens with one attached hydrogen (secondary N) is 1. The van der Waals surface area contributed by atoms with E-state index in [0.717, 1.165) is 41.0 Å². The summed E-state index contributed by atoms with van der Waals surface area (Å²) >= 11 is 1.34. The minimum atomic E-state index is -0.160. The molecule has 1 aromatic heterocycles. The van der Waals surface area contributed by atoms with E-state index in [1.54, 1.807) is 6.08 Å². The maximum Gasteiger partial charge on any atom is 0.254 e. The van der Waals surface area contributed by atoms with Crippen molar-refractivity contribution in [2.75, 3.05) is 17.6 Å². The zero-order valence-corrected chi connectivity index (χ0v) is 21.3. The van der Waals surface area contributed by atoms with Gasteiger partial charge in [0.1, 0.15) is 0 Å². The van der Waals surface area contributed by atoms with Crippen LogP contribution in [0.15, 0.2) is 60.3 Å². The summed E-state index contributed by atoms with van der Waals surface area (Å²) in [5, 5.41) is 12.5. The third-order valence-corrected chi connectivity index (χ3v) is 7.42. The van der Waals surface area contributed by atoms with Crippen LogP contribution >= 0.6 is 11.8 Å². The van der Waals surface area contributed by atoms with E-state index in [0.29, 0.717) is 23.8 Å². The minimum Gasteiger partial charge on any atom is -0.328 e. The zero-order valence-electron chi connectivity index (χ0n) is 20.5. The molecule has 2 aromatic carbocycles. The van der Waals surface area contributed by atoms with Crippen LogP contribution in [0.4, 0.5) is 5.69 Å². The van der Waals surface area contributed by atoms with Gasteiger partial charge in [0.05, 0.1) is 11.8 Å². The molecule has 1 saturated heterocycles. The van der Waals surface area contributed by atoms with Crippen molar-refractivity contribution >= 4 is 29.3 Å². The van der Waals surface area contributed by atoms with E-state index in [2.05, 4.69) is 22.1 Å². The highest BCUT2D eigenvalue weighted by molar-refractivity contribution is 7.99. The Kier molecular flexibility index (Phi) is 7.70. The Morgan fingerprint density at radius 1 is 1.11 bits per heavy atom. The number of likely N-dealkylation sites (tertiary alicyclic amines) is 1. The van der Waals surface area contributed by atoms with Gasteiger partial charge in [0.15, 0.2) is 11.0 Å². The first-order valence-corrected chi connectivity index (χ1v) is 12.8. The number of amides is 2. The van der Waals surface area contributed by atoms with Crippen molar-refractivity contribution in [2.24, 2.45) is 0 Å². The molecular formula is C27H31N5O2S. The van der Waals surface area contributed by atoms with Crippen LogP contribution < -0.4 is 5.32 Å². The number of allylic oxidation sites excluding steroid dienone is 1. The van der Waals surface area contributed by atoms with E-state index < -0.39 is 0 Å². The Labute approximate surface area is 210 Å². The van der Waals surface area contributed by atoms with Gasteiger partial charge in [-0.05, 0) is 62.4 Å². The molecule has 0 radical (unpaired) electrons. The van der Waals surface area contributed by atoms with Crippen molar-refractivity contribution in [3.05, 3.63) is 83.2 Å². The molecule has 1 aliphatic heterocycles. The molecular weight excluding hydrogens is 458 g/mol. The first-order chi connectivity index (χ1) is 16.9. The Morgan fingerprint density at radius 2 is 1.89 bits per heavy atom. The second-order valence-corrected chi connectivity index (χ2v) is 9.74. The summed E-state index contributed by atoms with van der Waals surface area (Å²) in [6.45, 7) is 11.0. The van der Waals surface area contributed by atoms with Crippen LogP contribution in [0.5, 0.6) is 0 Å². The maximum atomic E-state index is 13.4. The number of benzene rings is 2. The van der Waals surface area contributed by atoms with E-state index >= 15 is 0 Å². The number of anilines is 1. The van der Waals surface area contributed by atoms with Gasteiger partial charge < -0.3 is 14.8 Å². The number of hydrogen-bond donors (Lipinski definition) is 1. The summed E-state index contributed by atoms with van der Waals surface area (Å²) in [7, 11) is 0. The van der Waals surface area contributed by atoms with E-state index in [1.165, 1.54) is 11.8 Å². The van der Waals surface area contributed by atoms with Gasteiger partial charge in [-0.25, -0.2) is 0 Å². The van der Waals surface area contributed by atoms with Gasteiger partial charge in [-0.2, -0.15) is 0 Å². The molecule has 0 aliphatic carbocycles. The molecule has 0 bridgehead atoms. The number of thioether (sulfide) groups is 1. The van der Waals surface area contributed by atoms with Gasteiger partial charge in [0.25, 0.3) is 5.91 Å². The molecule has 0 spiro atoms. The lowest BCUT2D eigenvalue weighted by molar-refractivity contribution is -0.113. The summed E-state index contributed by atoms with van der Waals surface area (Å²) in [6.07, 6.45) is 3.52. The number of nitrogens with zero attached hydrogens (tertiary/aromatic N) is 4. The highest BCUT2D eigenvalue weighted by atomic mass is 32.2. The van der Waals surface area contributed by atoms with Crippen molar-refractivity contribution < 1.29 is 9.59 Å². The van der Waals surface area contributed by atoms with Crippen LogP contribution in [-0.2, 0) is 11.3 Å². The maximum absolute atomic E-state index is 13.4. The molecule has 35 heavy (non-hydrogen) atoms. The number of aryl methyl sites for hydroxylation is 2. The average molecular weight is 490 g/mol. The summed E-state index contributed by atoms with van der Waals surface area (Å²) in [6, 6.07) is 13.4. The van der Waals surface area contributed by atoms with Crippen LogP contribution in [0.3, 0.4) is 0 Å². The molecule has 7 nitrogen and oxygen atoms in total. The van der Waals surface area contributed by atoms with Crippen LogP contribution in [0, 0.1) is 20.8 Å². The van der Waals surface area contributed by atoms with Crippen molar-refractivity contribution in [1.29, 1.82) is 0 Å². The van der Waals surface area contributed by atoms with Gasteiger partial charge >= 0.3 is 0 Å². The molecule has 3 aromatic rings. The number of carbonyl (C=O) groups excluding carboxylic acids is 2. The predicted molar refractivity (Wildman–Crippen MR) is 140 cm³/mol. The summed E-state index contributed by atoms with van der Waals surface area (Å²) in [5.41, 5.74) is 4.68. The molecule has 182 valence electrons. The van der Waals surface area contributed by atoms with Gasteiger partial charge in [-0.1, -0.05) is 48.2 Å². The van der Waals surface area contributed by atoms with Gasteiger partial charge in [0, 0.05) is 24.3 Å². The molecule has 2 heterocycles. The summed E-state index contributed by atoms with van der Waals surface area (Å²) in [5.74, 6) is 0.859. The minimum absolute atomic E-state index is 0.0147. The van der Waals surface area contributed by atoms with Crippen LogP contribution in [0.2, 0.25) is 0 Å². The van der Waals surface area contributed by atoms with Crippen LogP contribution in [0.1, 0.15) is 51.8 Å². The normalized spacial score (nSPS) is 15.3. The fourth-order valence-electron chi connectivity index (χ4n) is 4.40. The average Bonchev–Trinajstić information content (AvgIpc) is 3.48. The highest BCUT2D eigenvalue weighted by Crippen LogP contribution is 2.34. The smallest absolute Gasteiger partial charge is 0.254 e. The van der Waals surface area contributed by atoms with Gasteiger partial charge in [-0.15, -0.1) is 16.8 Å². The zero-order chi connectivity index (χ0) is 24.9. The predicted octanol–water partition coefficient (Wildman–Crippen LogP) is 5.10. The second kappa shape index (κ2) is 10.9. The third-order valence-electron chi connectivity index (χ3n) is 6.46. The largest absolute Gasteiger partial charge is 0.328 e. The summed E-state index contributed by atoms with van der Waals surface area (Å²) < 4.78 is 1.97. The molecule has 1 fully saturated rings. The van der Waals surface area contributed by atoms with E-state index in [-0.39, 0.29) is 23.6 Å². The van der Waals surface area contributed by atoms with E-state index in [1.807, 2.05) is 72.7 Å². The third kappa shape index (κ3) is 5.32. The molecule has 2 amide bonds. The first kappa shape index (κ1) is 24.7. The van der Waals surface area contributed by atoms with E-state index in [9.17, 15) is 9.59 Å². The lowest BCUT2D eigenvalue weighted by atomic mass is 10.1. The van der Waals surface area contributed by atoms with Crippen molar-refractivity contribution in [2.45, 2.75) is 51.4 Å². The quantitative estimate of drug-likeness (QED) is 0.352. The number of hydrogen-bond acceptors (Lipinski definition) is 5. The van der Waals surface area contributed by atoms with Gasteiger partial charge in [-0.3, -0.25) is 9.59 Å². The standard InChI is InChI=1S/C27H31N5O2S/c1-5-15-32-25(23-14-9-16-31(23)26(34)21-12-7-6-10-19(21)3)29-30-27(32)35-17-24(33)28-22-13-8-11-18(2)20(22)4/h5-8,10-13,23H,1,9,14-17H2,2-4H3,(H,28,33). The molecule has 8 heteroatoms. The van der Waals surface area contributed by atoms with Crippen molar-refractivity contribution in [3.63, 3.8) is 0 Å². The Balaban J connectivity index is 1.50. The molecule has 1 atom stereocenters. The summed E-state index contributed by atoms with van der Waals surface area (Å²) in [4.78, 5) is 27.9. The van der Waals surface area contributed by atoms with Crippen molar-refractivity contribution in [1.82, 2.24) is 19.7 Å². The monoisotopic (exact) mass is 489 g/mol. The molecule has 1 aliphatic rings. The second-order valence-electron chi connectivity index (χ2n) is 8.80. The van der Waals surface area contributed by atoms with Crippen LogP contribution in [0.25, 0.3) is 0 Å². The Hall–Kier alpha value is -3.39.